The number of unbranched alkanes of at least 4 members (excludes halogenated alkanes) is 1. The van der Waals surface area contributed by atoms with Gasteiger partial charge in [0.25, 0.3) is 0 Å². The van der Waals surface area contributed by atoms with E-state index in [-0.39, 0.29) is 6.04 Å². The SMILES string of the molecule is CCCCC(CC)c1nc(CC(N)CC)no1. The van der Waals surface area contributed by atoms with Gasteiger partial charge in [0.2, 0.25) is 5.89 Å². The number of hydrogen-bond donors (Lipinski definition) is 1. The fourth-order valence-corrected chi connectivity index (χ4v) is 1.85. The van der Waals surface area contributed by atoms with E-state index in [1.165, 1.54) is 12.8 Å². The first-order valence-electron chi connectivity index (χ1n) is 6.79. The van der Waals surface area contributed by atoms with Crippen molar-refractivity contribution in [2.45, 2.75) is 71.3 Å². The van der Waals surface area contributed by atoms with Gasteiger partial charge in [0.15, 0.2) is 5.82 Å². The topological polar surface area (TPSA) is 64.9 Å². The van der Waals surface area contributed by atoms with Crippen LogP contribution in [0.3, 0.4) is 0 Å². The van der Waals surface area contributed by atoms with Crippen molar-refractivity contribution >= 4 is 0 Å². The Balaban J connectivity index is 2.58. The van der Waals surface area contributed by atoms with E-state index >= 15 is 0 Å². The second-order valence-corrected chi connectivity index (χ2v) is 4.67. The predicted octanol–water partition coefficient (Wildman–Crippen LogP) is 3.03. The Kier molecular flexibility index (Phi) is 6.19. The number of rotatable bonds is 8. The summed E-state index contributed by atoms with van der Waals surface area (Å²) in [5.74, 6) is 1.96. The van der Waals surface area contributed by atoms with Crippen LogP contribution in [-0.2, 0) is 6.42 Å². The minimum absolute atomic E-state index is 0.135. The van der Waals surface area contributed by atoms with Gasteiger partial charge in [-0.25, -0.2) is 0 Å². The van der Waals surface area contributed by atoms with Crippen molar-refractivity contribution in [2.24, 2.45) is 5.73 Å². The molecule has 0 aromatic carbocycles. The van der Waals surface area contributed by atoms with E-state index in [9.17, 15) is 0 Å². The van der Waals surface area contributed by atoms with E-state index in [4.69, 9.17) is 10.3 Å². The molecule has 0 radical (unpaired) electrons. The summed E-state index contributed by atoms with van der Waals surface area (Å²) in [6.45, 7) is 6.44. The highest BCUT2D eigenvalue weighted by Gasteiger charge is 2.17. The third-order valence-electron chi connectivity index (χ3n) is 3.20. The Labute approximate surface area is 104 Å². The summed E-state index contributed by atoms with van der Waals surface area (Å²) in [7, 11) is 0. The number of nitrogens with two attached hydrogens (primary N) is 1. The maximum Gasteiger partial charge on any atom is 0.229 e. The lowest BCUT2D eigenvalue weighted by atomic mass is 9.99. The minimum Gasteiger partial charge on any atom is -0.339 e. The molecule has 1 aromatic rings. The van der Waals surface area contributed by atoms with Crippen molar-refractivity contribution in [3.05, 3.63) is 11.7 Å². The molecule has 1 rings (SSSR count). The van der Waals surface area contributed by atoms with Crippen LogP contribution < -0.4 is 5.73 Å². The molecule has 1 aromatic heterocycles. The third kappa shape index (κ3) is 4.46. The predicted molar refractivity (Wildman–Crippen MR) is 68.8 cm³/mol. The van der Waals surface area contributed by atoms with Crippen molar-refractivity contribution in [1.29, 1.82) is 0 Å². The number of aromatic nitrogens is 2. The van der Waals surface area contributed by atoms with Gasteiger partial charge in [-0.05, 0) is 19.3 Å². The molecule has 4 heteroatoms. The quantitative estimate of drug-likeness (QED) is 0.757. The molecule has 0 aliphatic heterocycles. The van der Waals surface area contributed by atoms with Gasteiger partial charge < -0.3 is 10.3 Å². The van der Waals surface area contributed by atoms with Crippen LogP contribution in [0.5, 0.6) is 0 Å². The zero-order chi connectivity index (χ0) is 12.7. The summed E-state index contributed by atoms with van der Waals surface area (Å²) >= 11 is 0. The van der Waals surface area contributed by atoms with Gasteiger partial charge in [0.05, 0.1) is 0 Å². The molecule has 17 heavy (non-hydrogen) atoms. The van der Waals surface area contributed by atoms with Gasteiger partial charge in [-0.15, -0.1) is 0 Å². The van der Waals surface area contributed by atoms with Gasteiger partial charge in [0, 0.05) is 18.4 Å². The first-order valence-corrected chi connectivity index (χ1v) is 6.79. The molecule has 0 saturated carbocycles. The van der Waals surface area contributed by atoms with Crippen LogP contribution in [-0.4, -0.2) is 16.2 Å². The van der Waals surface area contributed by atoms with Crippen molar-refractivity contribution in [3.8, 4) is 0 Å². The molecule has 1 heterocycles. The second kappa shape index (κ2) is 7.43. The molecule has 0 aliphatic rings. The molecule has 0 fully saturated rings. The van der Waals surface area contributed by atoms with E-state index in [0.29, 0.717) is 12.3 Å². The van der Waals surface area contributed by atoms with Crippen LogP contribution in [0.1, 0.15) is 70.5 Å². The Morgan fingerprint density at radius 2 is 2.00 bits per heavy atom. The molecule has 0 amide bonds. The van der Waals surface area contributed by atoms with Crippen LogP contribution in [0, 0.1) is 0 Å². The minimum atomic E-state index is 0.135. The first kappa shape index (κ1) is 14.2. The lowest BCUT2D eigenvalue weighted by Gasteiger charge is -2.08. The third-order valence-corrected chi connectivity index (χ3v) is 3.20. The summed E-state index contributed by atoms with van der Waals surface area (Å²) < 4.78 is 5.34. The highest BCUT2D eigenvalue weighted by Crippen LogP contribution is 2.23. The standard InChI is InChI=1S/C13H25N3O/c1-4-7-8-10(5-2)13-15-12(16-17-13)9-11(14)6-3/h10-11H,4-9,14H2,1-3H3. The summed E-state index contributed by atoms with van der Waals surface area (Å²) in [4.78, 5) is 4.46. The Hall–Kier alpha value is -0.900. The summed E-state index contributed by atoms with van der Waals surface area (Å²) in [6.07, 6.45) is 6.26. The fraction of sp³-hybridized carbons (Fsp3) is 0.846. The molecular weight excluding hydrogens is 214 g/mol. The molecule has 2 unspecified atom stereocenters. The van der Waals surface area contributed by atoms with Crippen molar-refractivity contribution in [1.82, 2.24) is 10.1 Å². The Morgan fingerprint density at radius 1 is 1.24 bits per heavy atom. The maximum absolute atomic E-state index is 5.88. The van der Waals surface area contributed by atoms with Gasteiger partial charge in [0.1, 0.15) is 0 Å². The number of hydrogen-bond acceptors (Lipinski definition) is 4. The van der Waals surface area contributed by atoms with Crippen LogP contribution in [0.4, 0.5) is 0 Å². The van der Waals surface area contributed by atoms with Gasteiger partial charge in [-0.3, -0.25) is 0 Å². The van der Waals surface area contributed by atoms with Crippen molar-refractivity contribution in [3.63, 3.8) is 0 Å². The highest BCUT2D eigenvalue weighted by atomic mass is 16.5. The molecule has 98 valence electrons. The van der Waals surface area contributed by atoms with E-state index in [1.807, 2.05) is 0 Å². The summed E-state index contributed by atoms with van der Waals surface area (Å²) in [5, 5.41) is 4.01. The van der Waals surface area contributed by atoms with E-state index in [1.54, 1.807) is 0 Å². The Bertz CT molecular complexity index is 311. The van der Waals surface area contributed by atoms with E-state index < -0.39 is 0 Å². The number of nitrogens with zero attached hydrogens (tertiary/aromatic N) is 2. The molecule has 0 spiro atoms. The maximum atomic E-state index is 5.88. The van der Waals surface area contributed by atoms with Crippen LogP contribution in [0.2, 0.25) is 0 Å². The zero-order valence-corrected chi connectivity index (χ0v) is 11.3. The smallest absolute Gasteiger partial charge is 0.229 e. The fourth-order valence-electron chi connectivity index (χ4n) is 1.85. The second-order valence-electron chi connectivity index (χ2n) is 4.67. The molecule has 0 aliphatic carbocycles. The van der Waals surface area contributed by atoms with E-state index in [2.05, 4.69) is 30.9 Å². The highest BCUT2D eigenvalue weighted by molar-refractivity contribution is 4.95. The van der Waals surface area contributed by atoms with Gasteiger partial charge in [-0.2, -0.15) is 4.98 Å². The van der Waals surface area contributed by atoms with Crippen LogP contribution in [0.25, 0.3) is 0 Å². The zero-order valence-electron chi connectivity index (χ0n) is 11.3. The molecule has 0 saturated heterocycles. The molecular formula is C13H25N3O. The van der Waals surface area contributed by atoms with Crippen LogP contribution in [0.15, 0.2) is 4.52 Å². The largest absolute Gasteiger partial charge is 0.339 e. The average Bonchev–Trinajstić information content (AvgIpc) is 2.78. The summed E-state index contributed by atoms with van der Waals surface area (Å²) in [6, 6.07) is 0.135. The van der Waals surface area contributed by atoms with Crippen molar-refractivity contribution in [2.75, 3.05) is 0 Å². The van der Waals surface area contributed by atoms with Gasteiger partial charge >= 0.3 is 0 Å². The summed E-state index contributed by atoms with van der Waals surface area (Å²) in [5.41, 5.74) is 5.88. The molecule has 2 N–H and O–H groups in total. The Morgan fingerprint density at radius 3 is 2.59 bits per heavy atom. The normalized spacial score (nSPS) is 14.8. The lowest BCUT2D eigenvalue weighted by Crippen LogP contribution is -2.22. The van der Waals surface area contributed by atoms with Crippen molar-refractivity contribution < 1.29 is 4.52 Å². The molecule has 2 atom stereocenters. The van der Waals surface area contributed by atoms with Gasteiger partial charge in [-0.1, -0.05) is 38.8 Å². The molecule has 0 bridgehead atoms. The monoisotopic (exact) mass is 239 g/mol. The average molecular weight is 239 g/mol. The molecule has 4 nitrogen and oxygen atoms in total. The lowest BCUT2D eigenvalue weighted by molar-refractivity contribution is 0.336. The van der Waals surface area contributed by atoms with E-state index in [0.717, 1.165) is 31.0 Å². The first-order chi connectivity index (χ1) is 8.21. The van der Waals surface area contributed by atoms with Crippen LogP contribution >= 0.6 is 0 Å².